The minimum atomic E-state index is -0.0973. The van der Waals surface area contributed by atoms with Crippen LogP contribution in [0.15, 0.2) is 18.2 Å². The Balaban J connectivity index is 2.15. The van der Waals surface area contributed by atoms with E-state index in [9.17, 15) is 9.59 Å². The second-order valence-electron chi connectivity index (χ2n) is 5.70. The van der Waals surface area contributed by atoms with Gasteiger partial charge in [-0.15, -0.1) is 0 Å². The number of carbonyl (C=O) groups excluding carboxylic acids is 2. The average Bonchev–Trinajstić information content (AvgIpc) is 2.92. The summed E-state index contributed by atoms with van der Waals surface area (Å²) in [5, 5.41) is 0.0958. The van der Waals surface area contributed by atoms with Crippen LogP contribution in [0.5, 0.6) is 11.5 Å². The molecule has 0 bridgehead atoms. The molecule has 1 heterocycles. The standard InChI is InChI=1S/C17H23NO4S/c1-11(15-8-14(21-3)5-6-16(15)22-4)18-9-13(7-17(18)20)10-23-12(2)19/h5-6,8,11,13H,7,9-10H2,1-4H3. The Labute approximate surface area is 141 Å². The summed E-state index contributed by atoms with van der Waals surface area (Å²) >= 11 is 1.29. The van der Waals surface area contributed by atoms with Gasteiger partial charge in [0.2, 0.25) is 5.91 Å². The highest BCUT2D eigenvalue weighted by Crippen LogP contribution is 2.36. The summed E-state index contributed by atoms with van der Waals surface area (Å²) in [6.07, 6.45) is 0.497. The molecule has 0 aromatic heterocycles. The molecule has 126 valence electrons. The lowest BCUT2D eigenvalue weighted by Gasteiger charge is -2.27. The predicted octanol–water partition coefficient (Wildman–Crippen LogP) is 2.89. The Morgan fingerprint density at radius 1 is 1.39 bits per heavy atom. The smallest absolute Gasteiger partial charge is 0.223 e. The molecule has 0 radical (unpaired) electrons. The molecular weight excluding hydrogens is 314 g/mol. The summed E-state index contributed by atoms with van der Waals surface area (Å²) in [4.78, 5) is 25.3. The molecule has 2 unspecified atom stereocenters. The van der Waals surface area contributed by atoms with Crippen molar-refractivity contribution in [3.05, 3.63) is 23.8 Å². The van der Waals surface area contributed by atoms with Crippen LogP contribution >= 0.6 is 11.8 Å². The highest BCUT2D eigenvalue weighted by molar-refractivity contribution is 8.13. The van der Waals surface area contributed by atoms with Crippen molar-refractivity contribution >= 4 is 22.8 Å². The highest BCUT2D eigenvalue weighted by atomic mass is 32.2. The molecule has 23 heavy (non-hydrogen) atoms. The summed E-state index contributed by atoms with van der Waals surface area (Å²) in [5.74, 6) is 2.52. The molecule has 0 N–H and O–H groups in total. The summed E-state index contributed by atoms with van der Waals surface area (Å²) in [5.41, 5.74) is 0.931. The van der Waals surface area contributed by atoms with Crippen LogP contribution in [0.4, 0.5) is 0 Å². The van der Waals surface area contributed by atoms with Gasteiger partial charge in [0.1, 0.15) is 11.5 Å². The lowest BCUT2D eigenvalue weighted by atomic mass is 10.1. The largest absolute Gasteiger partial charge is 0.497 e. The molecule has 1 aliphatic heterocycles. The molecule has 2 atom stereocenters. The van der Waals surface area contributed by atoms with Gasteiger partial charge in [-0.3, -0.25) is 9.59 Å². The van der Waals surface area contributed by atoms with Gasteiger partial charge in [0, 0.05) is 31.2 Å². The Bertz CT molecular complexity index is 590. The van der Waals surface area contributed by atoms with Crippen LogP contribution in [0, 0.1) is 5.92 Å². The molecule has 1 fully saturated rings. The lowest BCUT2D eigenvalue weighted by Crippen LogP contribution is -2.29. The molecule has 0 spiro atoms. The van der Waals surface area contributed by atoms with Crippen LogP contribution in [-0.2, 0) is 9.59 Å². The van der Waals surface area contributed by atoms with E-state index in [1.54, 1.807) is 21.1 Å². The fraction of sp³-hybridized carbons (Fsp3) is 0.529. The summed E-state index contributed by atoms with van der Waals surface area (Å²) in [6.45, 7) is 4.22. The number of nitrogens with zero attached hydrogens (tertiary/aromatic N) is 1. The van der Waals surface area contributed by atoms with E-state index in [4.69, 9.17) is 9.47 Å². The predicted molar refractivity (Wildman–Crippen MR) is 90.9 cm³/mol. The first kappa shape index (κ1) is 17.7. The summed E-state index contributed by atoms with van der Waals surface area (Å²) < 4.78 is 10.7. The molecule has 0 saturated carbocycles. The van der Waals surface area contributed by atoms with E-state index in [0.717, 1.165) is 17.1 Å². The zero-order valence-corrected chi connectivity index (χ0v) is 14.8. The van der Waals surface area contributed by atoms with Crippen LogP contribution in [0.2, 0.25) is 0 Å². The van der Waals surface area contributed by atoms with Gasteiger partial charge in [0.05, 0.1) is 20.3 Å². The SMILES string of the molecule is COc1ccc(OC)c(C(C)N2CC(CSC(C)=O)CC2=O)c1. The van der Waals surface area contributed by atoms with Crippen molar-refractivity contribution in [3.63, 3.8) is 0 Å². The van der Waals surface area contributed by atoms with Crippen LogP contribution in [0.1, 0.15) is 31.9 Å². The number of carbonyl (C=O) groups is 2. The maximum Gasteiger partial charge on any atom is 0.223 e. The summed E-state index contributed by atoms with van der Waals surface area (Å²) in [7, 11) is 3.24. The van der Waals surface area contributed by atoms with Crippen LogP contribution in [-0.4, -0.2) is 42.4 Å². The molecule has 1 aromatic carbocycles. The third-order valence-corrected chi connectivity index (χ3v) is 5.16. The normalized spacial score (nSPS) is 18.9. The number of amides is 1. The van der Waals surface area contributed by atoms with Gasteiger partial charge in [0.25, 0.3) is 0 Å². The molecule has 1 amide bonds. The minimum absolute atomic E-state index is 0.0958. The zero-order valence-electron chi connectivity index (χ0n) is 14.0. The van der Waals surface area contributed by atoms with Gasteiger partial charge < -0.3 is 14.4 Å². The van der Waals surface area contributed by atoms with Crippen LogP contribution in [0.25, 0.3) is 0 Å². The topological polar surface area (TPSA) is 55.8 Å². The van der Waals surface area contributed by atoms with Crippen molar-refractivity contribution in [1.29, 1.82) is 0 Å². The maximum atomic E-state index is 12.4. The average molecular weight is 337 g/mol. The number of benzene rings is 1. The number of likely N-dealkylation sites (tertiary alicyclic amines) is 1. The second-order valence-corrected chi connectivity index (χ2v) is 6.90. The Hall–Kier alpha value is -1.69. The maximum absolute atomic E-state index is 12.4. The van der Waals surface area contributed by atoms with Gasteiger partial charge in [-0.05, 0) is 31.0 Å². The molecule has 0 aliphatic carbocycles. The monoisotopic (exact) mass is 337 g/mol. The van der Waals surface area contributed by atoms with E-state index >= 15 is 0 Å². The van der Waals surface area contributed by atoms with Crippen LogP contribution in [0.3, 0.4) is 0 Å². The number of ether oxygens (including phenoxy) is 2. The first-order chi connectivity index (χ1) is 11.0. The van der Waals surface area contributed by atoms with E-state index in [-0.39, 0.29) is 23.0 Å². The van der Waals surface area contributed by atoms with Crippen molar-refractivity contribution in [2.24, 2.45) is 5.92 Å². The fourth-order valence-corrected chi connectivity index (χ4v) is 3.56. The van der Waals surface area contributed by atoms with Crippen LogP contribution < -0.4 is 9.47 Å². The van der Waals surface area contributed by atoms with E-state index in [1.165, 1.54) is 11.8 Å². The number of methoxy groups -OCH3 is 2. The van der Waals surface area contributed by atoms with Crippen molar-refractivity contribution < 1.29 is 19.1 Å². The highest BCUT2D eigenvalue weighted by Gasteiger charge is 2.34. The third kappa shape index (κ3) is 4.19. The van der Waals surface area contributed by atoms with Crippen molar-refractivity contribution in [3.8, 4) is 11.5 Å². The second kappa shape index (κ2) is 7.73. The first-order valence-corrected chi connectivity index (χ1v) is 8.59. The first-order valence-electron chi connectivity index (χ1n) is 7.61. The van der Waals surface area contributed by atoms with E-state index in [0.29, 0.717) is 18.7 Å². The molecule has 5 nitrogen and oxygen atoms in total. The van der Waals surface area contributed by atoms with Gasteiger partial charge in [-0.1, -0.05) is 11.8 Å². The van der Waals surface area contributed by atoms with E-state index in [2.05, 4.69) is 0 Å². The Morgan fingerprint density at radius 2 is 2.13 bits per heavy atom. The number of thioether (sulfide) groups is 1. The fourth-order valence-electron chi connectivity index (χ4n) is 2.86. The molecule has 2 rings (SSSR count). The van der Waals surface area contributed by atoms with Gasteiger partial charge in [0.15, 0.2) is 5.12 Å². The van der Waals surface area contributed by atoms with Crippen molar-refractivity contribution in [2.45, 2.75) is 26.3 Å². The van der Waals surface area contributed by atoms with E-state index in [1.807, 2.05) is 30.0 Å². The third-order valence-electron chi connectivity index (χ3n) is 4.12. The van der Waals surface area contributed by atoms with Gasteiger partial charge in [-0.2, -0.15) is 0 Å². The quantitative estimate of drug-likeness (QED) is 0.799. The van der Waals surface area contributed by atoms with Gasteiger partial charge in [-0.25, -0.2) is 0 Å². The van der Waals surface area contributed by atoms with Gasteiger partial charge >= 0.3 is 0 Å². The lowest BCUT2D eigenvalue weighted by molar-refractivity contribution is -0.129. The van der Waals surface area contributed by atoms with Crippen molar-refractivity contribution in [1.82, 2.24) is 4.90 Å². The Morgan fingerprint density at radius 3 is 2.74 bits per heavy atom. The molecule has 1 saturated heterocycles. The number of hydrogen-bond donors (Lipinski definition) is 0. The van der Waals surface area contributed by atoms with E-state index < -0.39 is 0 Å². The minimum Gasteiger partial charge on any atom is -0.497 e. The zero-order chi connectivity index (χ0) is 17.0. The molecule has 6 heteroatoms. The molecular formula is C17H23NO4S. The number of rotatable bonds is 6. The summed E-state index contributed by atoms with van der Waals surface area (Å²) in [6, 6.07) is 5.51. The van der Waals surface area contributed by atoms with Crippen molar-refractivity contribution in [2.75, 3.05) is 26.5 Å². The Kier molecular flexibility index (Phi) is 5.93. The molecule has 1 aromatic rings. The number of hydrogen-bond acceptors (Lipinski definition) is 5. The molecule has 1 aliphatic rings.